The van der Waals surface area contributed by atoms with Crippen molar-refractivity contribution in [1.82, 2.24) is 0 Å². The molecule has 0 fully saturated rings. The zero-order valence-corrected chi connectivity index (χ0v) is 16.5. The van der Waals surface area contributed by atoms with E-state index in [1.165, 1.54) is 70.6 Å². The Morgan fingerprint density at radius 1 is 0.692 bits per heavy atom. The van der Waals surface area contributed by atoms with Gasteiger partial charge < -0.3 is 0 Å². The fourth-order valence-corrected chi connectivity index (χ4v) is 5.31. The molecule has 2 aliphatic rings. The lowest BCUT2D eigenvalue weighted by molar-refractivity contribution is 0.575. The van der Waals surface area contributed by atoms with Crippen LogP contribution in [0.1, 0.15) is 97.9 Å². The monoisotopic (exact) mass is 346 g/mol. The Hall–Kier alpha value is -1.56. The molecule has 0 N–H and O–H groups in total. The van der Waals surface area contributed by atoms with E-state index >= 15 is 0 Å². The van der Waals surface area contributed by atoms with E-state index < -0.39 is 0 Å². The average molecular weight is 347 g/mol. The number of fused-ring (bicyclic) bond motifs is 5. The summed E-state index contributed by atoms with van der Waals surface area (Å²) in [5.41, 5.74) is 8.08. The summed E-state index contributed by atoms with van der Waals surface area (Å²) in [7, 11) is 0. The quantitative estimate of drug-likeness (QED) is 0.416. The van der Waals surface area contributed by atoms with E-state index in [9.17, 15) is 0 Å². The van der Waals surface area contributed by atoms with Gasteiger partial charge >= 0.3 is 0 Å². The normalized spacial score (nSPS) is 20.0. The second-order valence-electron chi connectivity index (χ2n) is 8.58. The standard InChI is InChI=1S/C26H34/c1-2-3-4-5-6-7-8-9-12-20-15-16-24-22(17-20)19-26-23-14-11-10-13-21(23)18-25(24)26/h10-11,13-17,25-26H,2-9,12,18-19H2,1H3/t25-,26+/m0/s1. The summed E-state index contributed by atoms with van der Waals surface area (Å²) in [6.07, 6.45) is 15.1. The second-order valence-corrected chi connectivity index (χ2v) is 8.58. The number of rotatable bonds is 9. The van der Waals surface area contributed by atoms with Gasteiger partial charge in [0.05, 0.1) is 0 Å². The van der Waals surface area contributed by atoms with Crippen molar-refractivity contribution in [3.8, 4) is 0 Å². The fourth-order valence-electron chi connectivity index (χ4n) is 5.31. The van der Waals surface area contributed by atoms with Gasteiger partial charge in [-0.1, -0.05) is 94.3 Å². The highest BCUT2D eigenvalue weighted by Crippen LogP contribution is 2.51. The van der Waals surface area contributed by atoms with Crippen LogP contribution in [0.4, 0.5) is 0 Å². The summed E-state index contributed by atoms with van der Waals surface area (Å²) in [5.74, 6) is 1.50. The van der Waals surface area contributed by atoms with Gasteiger partial charge in [-0.2, -0.15) is 0 Å². The Balaban J connectivity index is 1.27. The van der Waals surface area contributed by atoms with E-state index in [1.807, 2.05) is 0 Å². The van der Waals surface area contributed by atoms with Crippen molar-refractivity contribution < 1.29 is 0 Å². The summed E-state index contributed by atoms with van der Waals surface area (Å²) in [6.45, 7) is 2.29. The Bertz CT molecular complexity index is 727. The highest BCUT2D eigenvalue weighted by Gasteiger charge is 2.39. The molecular weight excluding hydrogens is 312 g/mol. The Kier molecular flexibility index (Phi) is 5.78. The molecule has 0 aromatic heterocycles. The first kappa shape index (κ1) is 17.8. The maximum atomic E-state index is 2.54. The van der Waals surface area contributed by atoms with Crippen molar-refractivity contribution in [2.75, 3.05) is 0 Å². The van der Waals surface area contributed by atoms with Gasteiger partial charge in [-0.05, 0) is 65.3 Å². The summed E-state index contributed by atoms with van der Waals surface area (Å²) >= 11 is 0. The van der Waals surface area contributed by atoms with Crippen LogP contribution in [-0.2, 0) is 19.3 Å². The number of benzene rings is 2. The molecule has 2 aliphatic carbocycles. The Morgan fingerprint density at radius 3 is 2.15 bits per heavy atom. The predicted octanol–water partition coefficient (Wildman–Crippen LogP) is 7.35. The van der Waals surface area contributed by atoms with E-state index in [0.717, 1.165) is 11.8 Å². The highest BCUT2D eigenvalue weighted by molar-refractivity contribution is 5.50. The minimum absolute atomic E-state index is 0.750. The van der Waals surface area contributed by atoms with E-state index in [2.05, 4.69) is 49.4 Å². The number of hydrogen-bond donors (Lipinski definition) is 0. The lowest BCUT2D eigenvalue weighted by atomic mass is 9.93. The lowest BCUT2D eigenvalue weighted by Crippen LogP contribution is -1.98. The van der Waals surface area contributed by atoms with Crippen LogP contribution >= 0.6 is 0 Å². The van der Waals surface area contributed by atoms with Crippen molar-refractivity contribution >= 4 is 0 Å². The van der Waals surface area contributed by atoms with Crippen LogP contribution in [0.25, 0.3) is 0 Å². The first-order valence-corrected chi connectivity index (χ1v) is 11.1. The Morgan fingerprint density at radius 2 is 1.35 bits per heavy atom. The zero-order chi connectivity index (χ0) is 17.8. The van der Waals surface area contributed by atoms with Crippen molar-refractivity contribution in [3.63, 3.8) is 0 Å². The predicted molar refractivity (Wildman–Crippen MR) is 112 cm³/mol. The molecule has 0 unspecified atom stereocenters. The lowest BCUT2D eigenvalue weighted by Gasteiger charge is -2.10. The van der Waals surface area contributed by atoms with Crippen molar-refractivity contribution in [2.24, 2.45) is 0 Å². The average Bonchev–Trinajstić information content (AvgIpc) is 3.19. The topological polar surface area (TPSA) is 0 Å². The van der Waals surface area contributed by atoms with Gasteiger partial charge in [0.25, 0.3) is 0 Å². The molecule has 0 radical (unpaired) electrons. The van der Waals surface area contributed by atoms with E-state index in [-0.39, 0.29) is 0 Å². The van der Waals surface area contributed by atoms with E-state index in [1.54, 1.807) is 27.8 Å². The van der Waals surface area contributed by atoms with Crippen LogP contribution in [0, 0.1) is 0 Å². The van der Waals surface area contributed by atoms with E-state index in [0.29, 0.717) is 0 Å². The summed E-state index contributed by atoms with van der Waals surface area (Å²) in [6, 6.07) is 16.6. The van der Waals surface area contributed by atoms with Crippen molar-refractivity contribution in [3.05, 3.63) is 70.3 Å². The largest absolute Gasteiger partial charge is 0.0654 e. The zero-order valence-electron chi connectivity index (χ0n) is 16.5. The van der Waals surface area contributed by atoms with Gasteiger partial charge in [0.15, 0.2) is 0 Å². The smallest absolute Gasteiger partial charge is 0.00465 e. The molecule has 0 amide bonds. The SMILES string of the molecule is CCCCCCCCCCc1ccc2c(c1)C[C@@H]1c3ccccc3C[C@@H]21. The molecule has 2 aromatic carbocycles. The molecule has 26 heavy (non-hydrogen) atoms. The minimum atomic E-state index is 0.750. The second kappa shape index (κ2) is 8.42. The third kappa shape index (κ3) is 3.75. The van der Waals surface area contributed by atoms with Crippen LogP contribution in [0.15, 0.2) is 42.5 Å². The van der Waals surface area contributed by atoms with Gasteiger partial charge in [-0.25, -0.2) is 0 Å². The van der Waals surface area contributed by atoms with Gasteiger partial charge in [0.1, 0.15) is 0 Å². The third-order valence-corrected chi connectivity index (χ3v) is 6.75. The fraction of sp³-hybridized carbons (Fsp3) is 0.538. The van der Waals surface area contributed by atoms with Crippen LogP contribution in [-0.4, -0.2) is 0 Å². The first-order chi connectivity index (χ1) is 12.9. The third-order valence-electron chi connectivity index (χ3n) is 6.75. The van der Waals surface area contributed by atoms with E-state index in [4.69, 9.17) is 0 Å². The molecule has 2 atom stereocenters. The maximum Gasteiger partial charge on any atom is -0.00465 e. The van der Waals surface area contributed by atoms with Crippen LogP contribution in [0.3, 0.4) is 0 Å². The number of unbranched alkanes of at least 4 members (excludes halogenated alkanes) is 7. The molecule has 138 valence electrons. The summed E-state index contributed by atoms with van der Waals surface area (Å²) < 4.78 is 0. The minimum Gasteiger partial charge on any atom is -0.0654 e. The molecule has 4 rings (SSSR count). The molecule has 0 saturated carbocycles. The van der Waals surface area contributed by atoms with Gasteiger partial charge in [0, 0.05) is 0 Å². The summed E-state index contributed by atoms with van der Waals surface area (Å²) in [5, 5.41) is 0. The summed E-state index contributed by atoms with van der Waals surface area (Å²) in [4.78, 5) is 0. The molecule has 0 spiro atoms. The molecule has 0 heteroatoms. The maximum absolute atomic E-state index is 2.54. The van der Waals surface area contributed by atoms with Crippen LogP contribution in [0.2, 0.25) is 0 Å². The van der Waals surface area contributed by atoms with Gasteiger partial charge in [-0.3, -0.25) is 0 Å². The molecule has 0 saturated heterocycles. The molecule has 2 aromatic rings. The van der Waals surface area contributed by atoms with Crippen molar-refractivity contribution in [1.29, 1.82) is 0 Å². The van der Waals surface area contributed by atoms with Gasteiger partial charge in [-0.15, -0.1) is 0 Å². The van der Waals surface area contributed by atoms with Gasteiger partial charge in [0.2, 0.25) is 0 Å². The molecule has 0 heterocycles. The number of aryl methyl sites for hydroxylation is 1. The molecular formula is C26H34. The number of hydrogen-bond acceptors (Lipinski definition) is 0. The van der Waals surface area contributed by atoms with Crippen LogP contribution < -0.4 is 0 Å². The highest BCUT2D eigenvalue weighted by atomic mass is 14.4. The van der Waals surface area contributed by atoms with Crippen LogP contribution in [0.5, 0.6) is 0 Å². The molecule has 0 nitrogen and oxygen atoms in total. The van der Waals surface area contributed by atoms with Crippen molar-refractivity contribution in [2.45, 2.75) is 89.4 Å². The first-order valence-electron chi connectivity index (χ1n) is 11.1. The molecule has 0 bridgehead atoms. The molecule has 0 aliphatic heterocycles. The Labute approximate surface area is 160 Å².